The maximum absolute atomic E-state index is 12.7. The predicted octanol–water partition coefficient (Wildman–Crippen LogP) is 4.51. The zero-order chi connectivity index (χ0) is 20.2. The van der Waals surface area contributed by atoms with Gasteiger partial charge in [0.2, 0.25) is 0 Å². The van der Waals surface area contributed by atoms with Crippen LogP contribution in [0.4, 0.5) is 0 Å². The molecule has 0 aliphatic carbocycles. The fraction of sp³-hybridized carbons (Fsp3) is 0.200. The number of esters is 1. The van der Waals surface area contributed by atoms with Gasteiger partial charge in [-0.25, -0.2) is 9.97 Å². The summed E-state index contributed by atoms with van der Waals surface area (Å²) in [6, 6.07) is 9.83. The summed E-state index contributed by atoms with van der Waals surface area (Å²) in [6.07, 6.45) is 0.170. The molecule has 9 heteroatoms. The number of aromatic amines is 1. The van der Waals surface area contributed by atoms with Crippen molar-refractivity contribution < 1.29 is 9.53 Å². The molecule has 0 fully saturated rings. The van der Waals surface area contributed by atoms with E-state index < -0.39 is 0 Å². The van der Waals surface area contributed by atoms with E-state index in [1.54, 1.807) is 6.92 Å². The third-order valence-corrected chi connectivity index (χ3v) is 7.02. The number of carbonyl (C=O) groups excluding carboxylic acids is 1. The van der Waals surface area contributed by atoms with Crippen LogP contribution in [0.3, 0.4) is 0 Å². The number of carbonyl (C=O) groups is 1. The van der Waals surface area contributed by atoms with E-state index in [0.29, 0.717) is 29.3 Å². The number of hydrogen-bond acceptors (Lipinski definition) is 8. The first-order valence-corrected chi connectivity index (χ1v) is 11.7. The molecule has 0 aliphatic rings. The number of nitrogens with zero attached hydrogens (tertiary/aromatic N) is 2. The van der Waals surface area contributed by atoms with Crippen LogP contribution in [0.2, 0.25) is 0 Å². The number of thiazole rings is 1. The summed E-state index contributed by atoms with van der Waals surface area (Å²) >= 11 is 4.42. The Morgan fingerprint density at radius 3 is 2.79 bits per heavy atom. The van der Waals surface area contributed by atoms with Gasteiger partial charge in [0.05, 0.1) is 29.9 Å². The number of thioether (sulfide) groups is 1. The lowest BCUT2D eigenvalue weighted by Crippen LogP contribution is -2.10. The van der Waals surface area contributed by atoms with Crippen molar-refractivity contribution in [2.24, 2.45) is 0 Å². The van der Waals surface area contributed by atoms with Gasteiger partial charge in [0.15, 0.2) is 4.34 Å². The second kappa shape index (κ2) is 8.89. The predicted molar refractivity (Wildman–Crippen MR) is 118 cm³/mol. The molecule has 0 radical (unpaired) electrons. The fourth-order valence-electron chi connectivity index (χ4n) is 2.82. The van der Waals surface area contributed by atoms with Gasteiger partial charge >= 0.3 is 5.97 Å². The highest BCUT2D eigenvalue weighted by atomic mass is 32.2. The van der Waals surface area contributed by atoms with Gasteiger partial charge in [-0.1, -0.05) is 42.1 Å². The molecule has 0 amide bonds. The third-order valence-electron chi connectivity index (χ3n) is 4.07. The Labute approximate surface area is 179 Å². The lowest BCUT2D eigenvalue weighted by molar-refractivity contribution is -0.142. The molecule has 0 unspecified atom stereocenters. The number of fused-ring (bicyclic) bond motifs is 1. The number of hydrogen-bond donors (Lipinski definition) is 1. The van der Waals surface area contributed by atoms with E-state index in [1.165, 1.54) is 34.4 Å². The maximum atomic E-state index is 12.7. The average molecular weight is 444 g/mol. The molecule has 0 spiro atoms. The molecule has 3 heterocycles. The first-order chi connectivity index (χ1) is 14.1. The van der Waals surface area contributed by atoms with Crippen LogP contribution >= 0.6 is 34.4 Å². The van der Waals surface area contributed by atoms with Crippen LogP contribution < -0.4 is 5.56 Å². The van der Waals surface area contributed by atoms with E-state index in [1.807, 2.05) is 41.1 Å². The highest BCUT2D eigenvalue weighted by Crippen LogP contribution is 2.31. The Kier molecular flexibility index (Phi) is 6.08. The largest absolute Gasteiger partial charge is 0.466 e. The normalized spacial score (nSPS) is 11.1. The van der Waals surface area contributed by atoms with Crippen molar-refractivity contribution >= 4 is 50.6 Å². The molecular formula is C20H17N3O3S3. The SMILES string of the molecule is CCOC(=O)Cc1csc(SCc2nc3scc(-c4ccccc4)c3c(=O)[nH]2)n1. The molecule has 29 heavy (non-hydrogen) atoms. The molecular weight excluding hydrogens is 426 g/mol. The van der Waals surface area contributed by atoms with Crippen molar-refractivity contribution in [2.75, 3.05) is 6.61 Å². The number of ether oxygens (including phenoxy) is 1. The maximum Gasteiger partial charge on any atom is 0.311 e. The quantitative estimate of drug-likeness (QED) is 0.334. The van der Waals surface area contributed by atoms with E-state index >= 15 is 0 Å². The number of aromatic nitrogens is 3. The van der Waals surface area contributed by atoms with Gasteiger partial charge in [-0.05, 0) is 12.5 Å². The molecule has 0 saturated heterocycles. The molecule has 6 nitrogen and oxygen atoms in total. The lowest BCUT2D eigenvalue weighted by atomic mass is 10.1. The molecule has 4 rings (SSSR count). The number of rotatable bonds is 7. The molecule has 0 bridgehead atoms. The van der Waals surface area contributed by atoms with Crippen LogP contribution in [0.1, 0.15) is 18.4 Å². The Bertz CT molecular complexity index is 1200. The topological polar surface area (TPSA) is 84.9 Å². The monoisotopic (exact) mass is 443 g/mol. The van der Waals surface area contributed by atoms with Crippen molar-refractivity contribution in [1.82, 2.24) is 15.0 Å². The summed E-state index contributed by atoms with van der Waals surface area (Å²) < 4.78 is 5.77. The zero-order valence-electron chi connectivity index (χ0n) is 15.5. The molecule has 1 aromatic carbocycles. The summed E-state index contributed by atoms with van der Waals surface area (Å²) in [5.41, 5.74) is 2.47. The van der Waals surface area contributed by atoms with Gasteiger partial charge in [-0.15, -0.1) is 22.7 Å². The van der Waals surface area contributed by atoms with Crippen molar-refractivity contribution in [3.8, 4) is 11.1 Å². The van der Waals surface area contributed by atoms with Crippen molar-refractivity contribution in [3.05, 3.63) is 63.0 Å². The standard InChI is InChI=1S/C20H17N3O3S3/c1-2-26-16(24)8-13-9-28-20(21-13)29-11-15-22-18(25)17-14(10-27-19(17)23-15)12-6-4-3-5-7-12/h3-7,9-10H,2,8,11H2,1H3,(H,22,23,25). The smallest absolute Gasteiger partial charge is 0.311 e. The summed E-state index contributed by atoms with van der Waals surface area (Å²) in [5.74, 6) is 0.824. The minimum atomic E-state index is -0.280. The zero-order valence-corrected chi connectivity index (χ0v) is 18.0. The van der Waals surface area contributed by atoms with Crippen LogP contribution in [-0.2, 0) is 21.7 Å². The molecule has 0 aliphatic heterocycles. The summed E-state index contributed by atoms with van der Waals surface area (Å²) in [4.78, 5) is 36.9. The summed E-state index contributed by atoms with van der Waals surface area (Å²) in [7, 11) is 0. The number of thiophene rings is 1. The van der Waals surface area contributed by atoms with E-state index in [0.717, 1.165) is 20.3 Å². The minimum absolute atomic E-state index is 0.132. The highest BCUT2D eigenvalue weighted by molar-refractivity contribution is 8.00. The van der Waals surface area contributed by atoms with Crippen LogP contribution in [0, 0.1) is 0 Å². The van der Waals surface area contributed by atoms with E-state index in [-0.39, 0.29) is 17.9 Å². The van der Waals surface area contributed by atoms with E-state index in [4.69, 9.17) is 4.74 Å². The Hall–Kier alpha value is -2.49. The van der Waals surface area contributed by atoms with E-state index in [9.17, 15) is 9.59 Å². The number of H-pyrrole nitrogens is 1. The molecule has 0 saturated carbocycles. The van der Waals surface area contributed by atoms with Crippen LogP contribution in [0.25, 0.3) is 21.3 Å². The fourth-order valence-corrected chi connectivity index (χ4v) is 5.50. The highest BCUT2D eigenvalue weighted by Gasteiger charge is 2.14. The van der Waals surface area contributed by atoms with Crippen molar-refractivity contribution in [1.29, 1.82) is 0 Å². The van der Waals surface area contributed by atoms with Crippen LogP contribution in [0.5, 0.6) is 0 Å². The molecule has 3 aromatic heterocycles. The summed E-state index contributed by atoms with van der Waals surface area (Å²) in [5, 5.41) is 4.45. The minimum Gasteiger partial charge on any atom is -0.466 e. The Balaban J connectivity index is 1.49. The third kappa shape index (κ3) is 4.58. The van der Waals surface area contributed by atoms with Crippen LogP contribution in [0.15, 0.2) is 50.2 Å². The molecule has 1 N–H and O–H groups in total. The summed E-state index contributed by atoms with van der Waals surface area (Å²) in [6.45, 7) is 2.14. The second-order valence-corrected chi connectivity index (χ2v) is 9.02. The van der Waals surface area contributed by atoms with Gasteiger partial charge in [-0.2, -0.15) is 0 Å². The van der Waals surface area contributed by atoms with Crippen molar-refractivity contribution in [3.63, 3.8) is 0 Å². The lowest BCUT2D eigenvalue weighted by Gasteiger charge is -2.01. The van der Waals surface area contributed by atoms with Crippen LogP contribution in [-0.4, -0.2) is 27.5 Å². The van der Waals surface area contributed by atoms with Gasteiger partial charge in [0.25, 0.3) is 5.56 Å². The number of benzene rings is 1. The van der Waals surface area contributed by atoms with Gasteiger partial charge in [0.1, 0.15) is 10.7 Å². The first kappa shape index (κ1) is 19.8. The van der Waals surface area contributed by atoms with Gasteiger partial charge < -0.3 is 9.72 Å². The first-order valence-electron chi connectivity index (χ1n) is 8.92. The molecule has 148 valence electrons. The van der Waals surface area contributed by atoms with E-state index in [2.05, 4.69) is 15.0 Å². The van der Waals surface area contributed by atoms with Gasteiger partial charge in [0, 0.05) is 16.3 Å². The Morgan fingerprint density at radius 1 is 1.17 bits per heavy atom. The van der Waals surface area contributed by atoms with Crippen molar-refractivity contribution in [2.45, 2.75) is 23.4 Å². The van der Waals surface area contributed by atoms with Gasteiger partial charge in [-0.3, -0.25) is 9.59 Å². The second-order valence-electron chi connectivity index (χ2n) is 6.08. The Morgan fingerprint density at radius 2 is 2.00 bits per heavy atom. The molecule has 0 atom stereocenters. The average Bonchev–Trinajstić information content (AvgIpc) is 3.34. The number of nitrogens with one attached hydrogen (secondary N) is 1. The molecule has 4 aromatic rings.